The molecular formula is C17H32O2. The van der Waals surface area contributed by atoms with E-state index in [-0.39, 0.29) is 6.10 Å². The number of methoxy groups -OCH3 is 1. The van der Waals surface area contributed by atoms with E-state index in [0.29, 0.717) is 11.5 Å². The Balaban J connectivity index is 1.94. The maximum atomic E-state index is 9.70. The molecular weight excluding hydrogens is 236 g/mol. The second-order valence-electron chi connectivity index (χ2n) is 7.39. The van der Waals surface area contributed by atoms with E-state index < -0.39 is 0 Å². The summed E-state index contributed by atoms with van der Waals surface area (Å²) in [6.07, 6.45) is 11.4. The van der Waals surface area contributed by atoms with E-state index in [2.05, 4.69) is 13.8 Å². The first-order valence-corrected chi connectivity index (χ1v) is 8.25. The quantitative estimate of drug-likeness (QED) is 0.779. The van der Waals surface area contributed by atoms with Crippen LogP contribution in [0.4, 0.5) is 0 Å². The van der Waals surface area contributed by atoms with Gasteiger partial charge in [0.1, 0.15) is 0 Å². The number of ether oxygens (including phenoxy) is 1. The molecule has 112 valence electrons. The molecule has 2 heteroatoms. The van der Waals surface area contributed by atoms with Crippen molar-refractivity contribution in [1.82, 2.24) is 0 Å². The van der Waals surface area contributed by atoms with Gasteiger partial charge in [0.2, 0.25) is 0 Å². The van der Waals surface area contributed by atoms with E-state index in [1.54, 1.807) is 0 Å². The minimum Gasteiger partial charge on any atom is -0.393 e. The van der Waals surface area contributed by atoms with E-state index in [1.165, 1.54) is 44.9 Å². The average Bonchev–Trinajstić information content (AvgIpc) is 2.65. The van der Waals surface area contributed by atoms with Gasteiger partial charge in [-0.2, -0.15) is 0 Å². The largest absolute Gasteiger partial charge is 0.393 e. The molecule has 0 saturated heterocycles. The van der Waals surface area contributed by atoms with Crippen molar-refractivity contribution in [3.05, 3.63) is 0 Å². The maximum Gasteiger partial charge on any atom is 0.0571 e. The van der Waals surface area contributed by atoms with Crippen LogP contribution in [0.15, 0.2) is 0 Å². The van der Waals surface area contributed by atoms with Gasteiger partial charge in [0.15, 0.2) is 0 Å². The molecule has 0 aromatic rings. The Morgan fingerprint density at radius 3 is 2.05 bits per heavy atom. The lowest BCUT2D eigenvalue weighted by molar-refractivity contribution is 0.0266. The number of aliphatic hydroxyl groups excluding tert-OH is 1. The van der Waals surface area contributed by atoms with Gasteiger partial charge in [-0.3, -0.25) is 0 Å². The molecule has 2 unspecified atom stereocenters. The van der Waals surface area contributed by atoms with Crippen molar-refractivity contribution >= 4 is 0 Å². The monoisotopic (exact) mass is 268 g/mol. The summed E-state index contributed by atoms with van der Waals surface area (Å²) in [5, 5.41) is 9.70. The molecule has 0 aromatic heterocycles. The molecule has 0 aromatic carbocycles. The highest BCUT2D eigenvalue weighted by atomic mass is 16.5. The second kappa shape index (κ2) is 6.58. The topological polar surface area (TPSA) is 29.5 Å². The molecule has 2 aliphatic carbocycles. The van der Waals surface area contributed by atoms with Crippen LogP contribution in [0.5, 0.6) is 0 Å². The van der Waals surface area contributed by atoms with Crippen LogP contribution in [0.1, 0.15) is 71.6 Å². The lowest BCUT2D eigenvalue weighted by Crippen LogP contribution is -2.36. The standard InChI is InChI=1S/C17H32O2/c1-17(2,14-7-10-15(18)11-8-14)13-5-4-6-16(19-3)12-9-13/h13-16,18H,4-12H2,1-3H3. The molecule has 2 fully saturated rings. The van der Waals surface area contributed by atoms with E-state index in [9.17, 15) is 5.11 Å². The first kappa shape index (κ1) is 15.3. The third kappa shape index (κ3) is 3.72. The zero-order chi connectivity index (χ0) is 13.9. The predicted molar refractivity (Wildman–Crippen MR) is 79.1 cm³/mol. The van der Waals surface area contributed by atoms with Gasteiger partial charge in [-0.1, -0.05) is 20.3 Å². The van der Waals surface area contributed by atoms with Gasteiger partial charge >= 0.3 is 0 Å². The lowest BCUT2D eigenvalue weighted by Gasteiger charge is -2.44. The fourth-order valence-corrected chi connectivity index (χ4v) is 4.40. The second-order valence-corrected chi connectivity index (χ2v) is 7.39. The highest BCUT2D eigenvalue weighted by molar-refractivity contribution is 4.89. The fraction of sp³-hybridized carbons (Fsp3) is 1.00. The van der Waals surface area contributed by atoms with Gasteiger partial charge in [0, 0.05) is 7.11 Å². The molecule has 0 amide bonds. The number of hydrogen-bond donors (Lipinski definition) is 1. The van der Waals surface area contributed by atoms with Crippen molar-refractivity contribution in [3.63, 3.8) is 0 Å². The first-order valence-electron chi connectivity index (χ1n) is 8.25. The van der Waals surface area contributed by atoms with Crippen LogP contribution in [0.25, 0.3) is 0 Å². The van der Waals surface area contributed by atoms with Crippen LogP contribution in [0.3, 0.4) is 0 Å². The summed E-state index contributed by atoms with van der Waals surface area (Å²) < 4.78 is 5.56. The smallest absolute Gasteiger partial charge is 0.0571 e. The van der Waals surface area contributed by atoms with E-state index in [4.69, 9.17) is 4.74 Å². The normalized spacial score (nSPS) is 37.9. The summed E-state index contributed by atoms with van der Waals surface area (Å²) >= 11 is 0. The molecule has 0 radical (unpaired) electrons. The molecule has 0 heterocycles. The summed E-state index contributed by atoms with van der Waals surface area (Å²) in [5.74, 6) is 1.65. The third-order valence-electron chi connectivity index (χ3n) is 6.05. The molecule has 2 aliphatic rings. The molecule has 0 aliphatic heterocycles. The van der Waals surface area contributed by atoms with Crippen LogP contribution in [-0.2, 0) is 4.74 Å². The Morgan fingerprint density at radius 2 is 1.42 bits per heavy atom. The number of hydrogen-bond acceptors (Lipinski definition) is 2. The van der Waals surface area contributed by atoms with Gasteiger partial charge in [0.05, 0.1) is 12.2 Å². The summed E-state index contributed by atoms with van der Waals surface area (Å²) in [5.41, 5.74) is 0.433. The summed E-state index contributed by atoms with van der Waals surface area (Å²) in [6, 6.07) is 0. The average molecular weight is 268 g/mol. The van der Waals surface area contributed by atoms with E-state index in [0.717, 1.165) is 24.7 Å². The van der Waals surface area contributed by atoms with Crippen molar-refractivity contribution in [1.29, 1.82) is 0 Å². The van der Waals surface area contributed by atoms with E-state index in [1.807, 2.05) is 7.11 Å². The first-order chi connectivity index (χ1) is 9.04. The fourth-order valence-electron chi connectivity index (χ4n) is 4.40. The Morgan fingerprint density at radius 1 is 0.842 bits per heavy atom. The molecule has 2 saturated carbocycles. The van der Waals surface area contributed by atoms with Crippen molar-refractivity contribution in [2.24, 2.45) is 17.3 Å². The molecule has 19 heavy (non-hydrogen) atoms. The molecule has 2 rings (SSSR count). The maximum absolute atomic E-state index is 9.70. The highest BCUT2D eigenvalue weighted by Gasteiger charge is 2.39. The van der Waals surface area contributed by atoms with Crippen LogP contribution in [0.2, 0.25) is 0 Å². The van der Waals surface area contributed by atoms with Gasteiger partial charge in [-0.05, 0) is 68.6 Å². The Bertz CT molecular complexity index is 266. The Labute approximate surface area is 118 Å². The third-order valence-corrected chi connectivity index (χ3v) is 6.05. The van der Waals surface area contributed by atoms with Gasteiger partial charge in [-0.25, -0.2) is 0 Å². The van der Waals surface area contributed by atoms with Crippen molar-refractivity contribution in [3.8, 4) is 0 Å². The number of rotatable bonds is 3. The summed E-state index contributed by atoms with van der Waals surface area (Å²) in [6.45, 7) is 4.96. The molecule has 1 N–H and O–H groups in total. The van der Waals surface area contributed by atoms with Gasteiger partial charge in [0.25, 0.3) is 0 Å². The van der Waals surface area contributed by atoms with Crippen molar-refractivity contribution in [2.45, 2.75) is 83.8 Å². The lowest BCUT2D eigenvalue weighted by atomic mass is 9.62. The Kier molecular flexibility index (Phi) is 5.30. The van der Waals surface area contributed by atoms with Crippen molar-refractivity contribution < 1.29 is 9.84 Å². The van der Waals surface area contributed by atoms with Crippen LogP contribution < -0.4 is 0 Å². The van der Waals surface area contributed by atoms with Crippen LogP contribution in [-0.4, -0.2) is 24.4 Å². The number of aliphatic hydroxyl groups is 1. The molecule has 2 nitrogen and oxygen atoms in total. The molecule has 0 spiro atoms. The van der Waals surface area contributed by atoms with Crippen molar-refractivity contribution in [2.75, 3.05) is 7.11 Å². The summed E-state index contributed by atoms with van der Waals surface area (Å²) in [4.78, 5) is 0. The SMILES string of the molecule is COC1CCCC(C(C)(C)C2CCC(O)CC2)CC1. The Hall–Kier alpha value is -0.0800. The predicted octanol–water partition coefficient (Wildman–Crippen LogP) is 4.16. The highest BCUT2D eigenvalue weighted by Crippen LogP contribution is 2.47. The minimum absolute atomic E-state index is 0.0287. The van der Waals surface area contributed by atoms with Gasteiger partial charge in [-0.15, -0.1) is 0 Å². The zero-order valence-electron chi connectivity index (χ0n) is 13.0. The minimum atomic E-state index is -0.0287. The van der Waals surface area contributed by atoms with E-state index >= 15 is 0 Å². The summed E-state index contributed by atoms with van der Waals surface area (Å²) in [7, 11) is 1.86. The molecule has 2 atom stereocenters. The van der Waals surface area contributed by atoms with Gasteiger partial charge < -0.3 is 9.84 Å². The molecule has 0 bridgehead atoms. The van der Waals surface area contributed by atoms with Crippen LogP contribution >= 0.6 is 0 Å². The zero-order valence-corrected chi connectivity index (χ0v) is 13.0. The van der Waals surface area contributed by atoms with Crippen LogP contribution in [0, 0.1) is 17.3 Å².